The number of halogens is 1. The predicted octanol–water partition coefficient (Wildman–Crippen LogP) is 2.98. The predicted molar refractivity (Wildman–Crippen MR) is 79.2 cm³/mol. The number of guanidine groups is 1. The van der Waals surface area contributed by atoms with Crippen LogP contribution in [0.1, 0.15) is 32.8 Å². The van der Waals surface area contributed by atoms with Gasteiger partial charge in [-0.05, 0) is 45.2 Å². The summed E-state index contributed by atoms with van der Waals surface area (Å²) >= 11 is 6.08. The van der Waals surface area contributed by atoms with Crippen LogP contribution in [-0.4, -0.2) is 18.0 Å². The summed E-state index contributed by atoms with van der Waals surface area (Å²) in [6, 6.07) is 7.90. The highest BCUT2D eigenvalue weighted by atomic mass is 35.5. The van der Waals surface area contributed by atoms with E-state index in [4.69, 9.17) is 17.3 Å². The van der Waals surface area contributed by atoms with Crippen molar-refractivity contribution in [3.8, 4) is 0 Å². The summed E-state index contributed by atoms with van der Waals surface area (Å²) < 4.78 is 0. The Balaban J connectivity index is 2.35. The third-order valence-corrected chi connectivity index (χ3v) is 2.72. The van der Waals surface area contributed by atoms with Gasteiger partial charge >= 0.3 is 0 Å². The summed E-state index contributed by atoms with van der Waals surface area (Å²) in [5.74, 6) is 0.502. The fourth-order valence-electron chi connectivity index (χ4n) is 1.59. The number of nitrogens with one attached hydrogen (secondary N) is 1. The first-order valence-corrected chi connectivity index (χ1v) is 6.58. The second-order valence-electron chi connectivity index (χ2n) is 5.34. The van der Waals surface area contributed by atoms with Crippen LogP contribution in [-0.2, 0) is 6.42 Å². The Labute approximate surface area is 114 Å². The van der Waals surface area contributed by atoms with Crippen molar-refractivity contribution >= 4 is 17.6 Å². The van der Waals surface area contributed by atoms with E-state index in [0.29, 0.717) is 12.5 Å². The van der Waals surface area contributed by atoms with Crippen LogP contribution in [0.2, 0.25) is 5.02 Å². The van der Waals surface area contributed by atoms with Crippen LogP contribution in [0.4, 0.5) is 0 Å². The highest BCUT2D eigenvalue weighted by Crippen LogP contribution is 2.16. The zero-order valence-electron chi connectivity index (χ0n) is 11.3. The van der Waals surface area contributed by atoms with Gasteiger partial charge in [0.05, 0.1) is 0 Å². The molecule has 0 bridgehead atoms. The molecule has 1 aromatic carbocycles. The molecule has 0 aromatic heterocycles. The van der Waals surface area contributed by atoms with E-state index >= 15 is 0 Å². The van der Waals surface area contributed by atoms with E-state index in [2.05, 4.69) is 31.1 Å². The fraction of sp³-hybridized carbons (Fsp3) is 0.500. The first-order valence-electron chi connectivity index (χ1n) is 6.20. The van der Waals surface area contributed by atoms with Crippen molar-refractivity contribution in [3.05, 3.63) is 34.9 Å². The maximum absolute atomic E-state index is 6.08. The Kier molecular flexibility index (Phi) is 5.48. The van der Waals surface area contributed by atoms with Crippen molar-refractivity contribution in [3.63, 3.8) is 0 Å². The quantitative estimate of drug-likeness (QED) is 0.501. The van der Waals surface area contributed by atoms with Gasteiger partial charge in [-0.1, -0.05) is 29.8 Å². The minimum atomic E-state index is -0.0453. The topological polar surface area (TPSA) is 50.4 Å². The Bertz CT molecular complexity index is 408. The molecule has 0 aliphatic heterocycles. The average molecular weight is 268 g/mol. The average Bonchev–Trinajstić information content (AvgIpc) is 2.24. The monoisotopic (exact) mass is 267 g/mol. The van der Waals surface area contributed by atoms with Gasteiger partial charge in [0.15, 0.2) is 5.96 Å². The summed E-state index contributed by atoms with van der Waals surface area (Å²) in [6.45, 7) is 6.87. The highest BCUT2D eigenvalue weighted by molar-refractivity contribution is 6.31. The molecule has 1 aromatic rings. The zero-order chi connectivity index (χ0) is 13.6. The Hall–Kier alpha value is -1.22. The molecule has 100 valence electrons. The number of rotatable bonds is 4. The standard InChI is InChI=1S/C14H22ClN3/c1-14(2,3)18-13(16)17-10-6-8-11-7-4-5-9-12(11)15/h4-5,7,9H,6,8,10H2,1-3H3,(H3,16,17,18). The highest BCUT2D eigenvalue weighted by Gasteiger charge is 2.09. The lowest BCUT2D eigenvalue weighted by Crippen LogP contribution is -2.45. The minimum absolute atomic E-state index is 0.0453. The summed E-state index contributed by atoms with van der Waals surface area (Å²) in [5.41, 5.74) is 6.90. The molecule has 0 fully saturated rings. The summed E-state index contributed by atoms with van der Waals surface area (Å²) in [7, 11) is 0. The molecule has 0 amide bonds. The molecule has 4 heteroatoms. The van der Waals surface area contributed by atoms with E-state index in [0.717, 1.165) is 23.4 Å². The zero-order valence-corrected chi connectivity index (χ0v) is 12.1. The Morgan fingerprint density at radius 1 is 1.33 bits per heavy atom. The van der Waals surface area contributed by atoms with Crippen molar-refractivity contribution in [1.82, 2.24) is 5.32 Å². The lowest BCUT2D eigenvalue weighted by molar-refractivity contribution is 0.508. The lowest BCUT2D eigenvalue weighted by Gasteiger charge is -2.20. The van der Waals surface area contributed by atoms with Gasteiger partial charge in [-0.2, -0.15) is 0 Å². The largest absolute Gasteiger partial charge is 0.370 e. The van der Waals surface area contributed by atoms with Crippen molar-refractivity contribution in [2.24, 2.45) is 10.7 Å². The van der Waals surface area contributed by atoms with E-state index in [1.165, 1.54) is 0 Å². The molecule has 18 heavy (non-hydrogen) atoms. The van der Waals surface area contributed by atoms with E-state index in [-0.39, 0.29) is 5.54 Å². The van der Waals surface area contributed by atoms with Crippen LogP contribution in [0.3, 0.4) is 0 Å². The first-order chi connectivity index (χ1) is 8.38. The van der Waals surface area contributed by atoms with E-state index in [1.54, 1.807) is 0 Å². The van der Waals surface area contributed by atoms with Gasteiger partial charge in [0.1, 0.15) is 0 Å². The van der Waals surface area contributed by atoms with Crippen LogP contribution in [0.25, 0.3) is 0 Å². The van der Waals surface area contributed by atoms with Crippen molar-refractivity contribution in [2.75, 3.05) is 6.54 Å². The first kappa shape index (κ1) is 14.8. The number of nitrogens with two attached hydrogens (primary N) is 1. The normalized spacial score (nSPS) is 12.6. The van der Waals surface area contributed by atoms with Gasteiger partial charge < -0.3 is 11.1 Å². The molecule has 0 saturated heterocycles. The molecule has 0 aliphatic rings. The van der Waals surface area contributed by atoms with Crippen molar-refractivity contribution in [1.29, 1.82) is 0 Å². The summed E-state index contributed by atoms with van der Waals surface area (Å²) in [4.78, 5) is 4.29. The molecular formula is C14H22ClN3. The summed E-state index contributed by atoms with van der Waals surface area (Å²) in [5, 5.41) is 3.95. The Morgan fingerprint density at radius 3 is 2.61 bits per heavy atom. The second kappa shape index (κ2) is 6.64. The molecule has 0 radical (unpaired) electrons. The molecule has 0 unspecified atom stereocenters. The molecule has 0 heterocycles. The van der Waals surface area contributed by atoms with Crippen LogP contribution >= 0.6 is 11.6 Å². The van der Waals surface area contributed by atoms with Crippen LogP contribution in [0.15, 0.2) is 29.3 Å². The van der Waals surface area contributed by atoms with E-state index < -0.39 is 0 Å². The molecule has 3 N–H and O–H groups in total. The number of nitrogens with zero attached hydrogens (tertiary/aromatic N) is 1. The smallest absolute Gasteiger partial charge is 0.188 e. The molecule has 3 nitrogen and oxygen atoms in total. The second-order valence-corrected chi connectivity index (χ2v) is 5.74. The summed E-state index contributed by atoms with van der Waals surface area (Å²) in [6.07, 6.45) is 1.86. The van der Waals surface area contributed by atoms with Crippen LogP contribution in [0, 0.1) is 0 Å². The van der Waals surface area contributed by atoms with E-state index in [1.807, 2.05) is 24.3 Å². The molecule has 0 aliphatic carbocycles. The van der Waals surface area contributed by atoms with Gasteiger partial charge in [0, 0.05) is 17.1 Å². The number of aryl methyl sites for hydroxylation is 1. The molecule has 0 saturated carbocycles. The fourth-order valence-corrected chi connectivity index (χ4v) is 1.82. The molecule has 1 rings (SSSR count). The number of hydrogen-bond donors (Lipinski definition) is 2. The van der Waals surface area contributed by atoms with Crippen LogP contribution < -0.4 is 11.1 Å². The lowest BCUT2D eigenvalue weighted by atomic mass is 10.1. The van der Waals surface area contributed by atoms with Crippen LogP contribution in [0.5, 0.6) is 0 Å². The van der Waals surface area contributed by atoms with Gasteiger partial charge in [0.25, 0.3) is 0 Å². The third kappa shape index (κ3) is 5.92. The van der Waals surface area contributed by atoms with Gasteiger partial charge in [-0.3, -0.25) is 4.99 Å². The number of benzene rings is 1. The minimum Gasteiger partial charge on any atom is -0.370 e. The van der Waals surface area contributed by atoms with E-state index in [9.17, 15) is 0 Å². The maximum atomic E-state index is 6.08. The van der Waals surface area contributed by atoms with Gasteiger partial charge in [-0.25, -0.2) is 0 Å². The Morgan fingerprint density at radius 2 is 2.00 bits per heavy atom. The molecule has 0 spiro atoms. The van der Waals surface area contributed by atoms with Gasteiger partial charge in [0.2, 0.25) is 0 Å². The number of aliphatic imine (C=N–C) groups is 1. The SMILES string of the molecule is CC(C)(C)NC(N)=NCCCc1ccccc1Cl. The van der Waals surface area contributed by atoms with Crippen molar-refractivity contribution < 1.29 is 0 Å². The third-order valence-electron chi connectivity index (χ3n) is 2.35. The molecular weight excluding hydrogens is 246 g/mol. The van der Waals surface area contributed by atoms with Crippen molar-refractivity contribution in [2.45, 2.75) is 39.2 Å². The molecule has 0 atom stereocenters. The number of hydrogen-bond acceptors (Lipinski definition) is 1. The van der Waals surface area contributed by atoms with Gasteiger partial charge in [-0.15, -0.1) is 0 Å². The maximum Gasteiger partial charge on any atom is 0.188 e.